The maximum Gasteiger partial charge on any atom is 0.220 e. The number of nitrogens with one attached hydrogen (secondary N) is 2. The van der Waals surface area contributed by atoms with Crippen LogP contribution in [0, 0.1) is 11.8 Å². The van der Waals surface area contributed by atoms with E-state index in [1.807, 2.05) is 0 Å². The first-order valence-corrected chi connectivity index (χ1v) is 8.14. The van der Waals surface area contributed by atoms with Crippen LogP contribution in [0.15, 0.2) is 22.8 Å². The minimum atomic E-state index is -0.128. The minimum absolute atomic E-state index is 0.0286. The Bertz CT molecular complexity index is 484. The molecule has 0 saturated heterocycles. The molecule has 5 heteroatoms. The fourth-order valence-electron chi connectivity index (χ4n) is 2.98. The highest BCUT2D eigenvalue weighted by Gasteiger charge is 2.28. The summed E-state index contributed by atoms with van der Waals surface area (Å²) in [4.78, 5) is 23.7. The lowest BCUT2D eigenvalue weighted by molar-refractivity contribution is -0.127. The number of furan rings is 1. The third kappa shape index (κ3) is 4.90. The van der Waals surface area contributed by atoms with Crippen molar-refractivity contribution in [3.63, 3.8) is 0 Å². The predicted molar refractivity (Wildman–Crippen MR) is 83.9 cm³/mol. The summed E-state index contributed by atoms with van der Waals surface area (Å²) in [6, 6.07) is 3.84. The monoisotopic (exact) mass is 306 g/mol. The Balaban J connectivity index is 1.65. The molecule has 1 heterocycles. The number of hydrogen-bond donors (Lipinski definition) is 2. The van der Waals surface area contributed by atoms with Crippen molar-refractivity contribution >= 4 is 11.8 Å². The molecule has 2 amide bonds. The van der Waals surface area contributed by atoms with Gasteiger partial charge in [-0.3, -0.25) is 9.59 Å². The van der Waals surface area contributed by atoms with Crippen LogP contribution in [-0.2, 0) is 16.1 Å². The number of carbonyl (C=O) groups excluding carboxylic acids is 2. The van der Waals surface area contributed by atoms with Crippen LogP contribution in [0.3, 0.4) is 0 Å². The van der Waals surface area contributed by atoms with Crippen LogP contribution in [-0.4, -0.2) is 17.9 Å². The summed E-state index contributed by atoms with van der Waals surface area (Å²) in [5, 5.41) is 5.83. The topological polar surface area (TPSA) is 71.3 Å². The van der Waals surface area contributed by atoms with E-state index in [0.717, 1.165) is 6.42 Å². The van der Waals surface area contributed by atoms with Crippen molar-refractivity contribution in [2.75, 3.05) is 0 Å². The van der Waals surface area contributed by atoms with Gasteiger partial charge in [0, 0.05) is 18.9 Å². The molecule has 1 fully saturated rings. The van der Waals surface area contributed by atoms with Gasteiger partial charge in [-0.15, -0.1) is 0 Å². The van der Waals surface area contributed by atoms with Gasteiger partial charge in [0.25, 0.3) is 0 Å². The zero-order valence-electron chi connectivity index (χ0n) is 13.4. The third-order valence-electron chi connectivity index (χ3n) is 4.67. The molecule has 1 aromatic rings. The Morgan fingerprint density at radius 3 is 2.73 bits per heavy atom. The first-order chi connectivity index (χ1) is 10.6. The van der Waals surface area contributed by atoms with Gasteiger partial charge in [0.15, 0.2) is 0 Å². The van der Waals surface area contributed by atoms with Gasteiger partial charge in [-0.1, -0.05) is 26.7 Å². The highest BCUT2D eigenvalue weighted by Crippen LogP contribution is 2.29. The molecule has 122 valence electrons. The summed E-state index contributed by atoms with van der Waals surface area (Å²) >= 11 is 0. The molecule has 0 radical (unpaired) electrons. The number of carbonyl (C=O) groups is 2. The molecule has 0 aliphatic heterocycles. The second-order valence-electron chi connectivity index (χ2n) is 6.30. The average Bonchev–Trinajstić information content (AvgIpc) is 3.01. The van der Waals surface area contributed by atoms with Gasteiger partial charge < -0.3 is 15.1 Å². The molecular formula is C17H26N2O3. The molecule has 3 atom stereocenters. The van der Waals surface area contributed by atoms with Crippen LogP contribution < -0.4 is 10.6 Å². The largest absolute Gasteiger partial charge is 0.467 e. The average molecular weight is 306 g/mol. The standard InChI is InChI=1S/C17H26N2O3/c1-12-5-3-7-15(13(12)2)19-17(21)9-8-16(20)18-11-14-6-4-10-22-14/h4,6,10,12-13,15H,3,5,7-9,11H2,1-2H3,(H,18,20)(H,19,21). The second-order valence-corrected chi connectivity index (χ2v) is 6.30. The Labute approximate surface area is 131 Å². The lowest BCUT2D eigenvalue weighted by atomic mass is 9.78. The molecule has 0 spiro atoms. The van der Waals surface area contributed by atoms with E-state index >= 15 is 0 Å². The van der Waals surface area contributed by atoms with Gasteiger partial charge in [-0.05, 0) is 30.4 Å². The molecule has 0 aromatic carbocycles. The molecule has 2 N–H and O–H groups in total. The first-order valence-electron chi connectivity index (χ1n) is 8.14. The molecule has 1 aliphatic rings. The number of rotatable bonds is 6. The summed E-state index contributed by atoms with van der Waals surface area (Å²) < 4.78 is 5.14. The van der Waals surface area contributed by atoms with Crippen molar-refractivity contribution in [2.45, 2.75) is 58.5 Å². The second kappa shape index (κ2) is 8.01. The van der Waals surface area contributed by atoms with Crippen molar-refractivity contribution in [3.05, 3.63) is 24.2 Å². The molecule has 1 saturated carbocycles. The van der Waals surface area contributed by atoms with Crippen LogP contribution >= 0.6 is 0 Å². The SMILES string of the molecule is CC1CCCC(NC(=O)CCC(=O)NCc2ccco2)C1C. The molecule has 1 aliphatic carbocycles. The Hall–Kier alpha value is -1.78. The molecule has 3 unspecified atom stereocenters. The van der Waals surface area contributed by atoms with Crippen LogP contribution in [0.5, 0.6) is 0 Å². The fourth-order valence-corrected chi connectivity index (χ4v) is 2.98. The number of hydrogen-bond acceptors (Lipinski definition) is 3. The minimum Gasteiger partial charge on any atom is -0.467 e. The van der Waals surface area contributed by atoms with E-state index in [0.29, 0.717) is 24.1 Å². The fraction of sp³-hybridized carbons (Fsp3) is 0.647. The quantitative estimate of drug-likeness (QED) is 0.848. The molecule has 22 heavy (non-hydrogen) atoms. The van der Waals surface area contributed by atoms with E-state index in [4.69, 9.17) is 4.42 Å². The first kappa shape index (κ1) is 16.6. The van der Waals surface area contributed by atoms with Gasteiger partial charge in [0.05, 0.1) is 12.8 Å². The summed E-state index contributed by atoms with van der Waals surface area (Å²) in [7, 11) is 0. The van der Waals surface area contributed by atoms with Crippen molar-refractivity contribution in [1.82, 2.24) is 10.6 Å². The Morgan fingerprint density at radius 2 is 2.00 bits per heavy atom. The van der Waals surface area contributed by atoms with E-state index in [1.165, 1.54) is 12.8 Å². The summed E-state index contributed by atoms with van der Waals surface area (Å²) in [6.45, 7) is 4.81. The molecule has 5 nitrogen and oxygen atoms in total. The van der Waals surface area contributed by atoms with Gasteiger partial charge in [-0.2, -0.15) is 0 Å². The lowest BCUT2D eigenvalue weighted by Gasteiger charge is -2.34. The van der Waals surface area contributed by atoms with Crippen LogP contribution in [0.25, 0.3) is 0 Å². The van der Waals surface area contributed by atoms with E-state index in [1.54, 1.807) is 18.4 Å². The lowest BCUT2D eigenvalue weighted by Crippen LogP contribution is -2.43. The third-order valence-corrected chi connectivity index (χ3v) is 4.67. The van der Waals surface area contributed by atoms with Gasteiger partial charge in [0.1, 0.15) is 5.76 Å². The van der Waals surface area contributed by atoms with Crippen LogP contribution in [0.2, 0.25) is 0 Å². The zero-order valence-corrected chi connectivity index (χ0v) is 13.4. The highest BCUT2D eigenvalue weighted by atomic mass is 16.3. The maximum absolute atomic E-state index is 12.0. The van der Waals surface area contributed by atoms with E-state index < -0.39 is 0 Å². The van der Waals surface area contributed by atoms with Crippen LogP contribution in [0.1, 0.15) is 51.7 Å². The summed E-state index contributed by atoms with van der Waals surface area (Å²) in [5.41, 5.74) is 0. The van der Waals surface area contributed by atoms with Crippen molar-refractivity contribution in [3.8, 4) is 0 Å². The van der Waals surface area contributed by atoms with E-state index in [9.17, 15) is 9.59 Å². The van der Waals surface area contributed by atoms with Gasteiger partial charge in [0.2, 0.25) is 11.8 Å². The Morgan fingerprint density at radius 1 is 1.23 bits per heavy atom. The molecule has 2 rings (SSSR count). The van der Waals surface area contributed by atoms with Gasteiger partial charge in [-0.25, -0.2) is 0 Å². The van der Waals surface area contributed by atoms with E-state index in [2.05, 4.69) is 24.5 Å². The van der Waals surface area contributed by atoms with Crippen molar-refractivity contribution < 1.29 is 14.0 Å². The highest BCUT2D eigenvalue weighted by molar-refractivity contribution is 5.83. The molecule has 1 aromatic heterocycles. The van der Waals surface area contributed by atoms with Gasteiger partial charge >= 0.3 is 0 Å². The normalized spacial score (nSPS) is 24.7. The molecular weight excluding hydrogens is 280 g/mol. The summed E-state index contributed by atoms with van der Waals surface area (Å²) in [5.74, 6) is 1.71. The number of amides is 2. The van der Waals surface area contributed by atoms with Crippen LogP contribution in [0.4, 0.5) is 0 Å². The van der Waals surface area contributed by atoms with Crippen molar-refractivity contribution in [1.29, 1.82) is 0 Å². The molecule has 0 bridgehead atoms. The van der Waals surface area contributed by atoms with E-state index in [-0.39, 0.29) is 30.7 Å². The predicted octanol–water partition coefficient (Wildman–Crippen LogP) is 2.62. The smallest absolute Gasteiger partial charge is 0.220 e. The van der Waals surface area contributed by atoms with Crippen molar-refractivity contribution in [2.24, 2.45) is 11.8 Å². The maximum atomic E-state index is 12.0. The zero-order chi connectivity index (χ0) is 15.9. The Kier molecular flexibility index (Phi) is 6.04. The summed E-state index contributed by atoms with van der Waals surface area (Å²) in [6.07, 6.45) is 5.47.